The van der Waals surface area contributed by atoms with Crippen LogP contribution in [0.5, 0.6) is 0 Å². The van der Waals surface area contributed by atoms with Gasteiger partial charge in [-0.3, -0.25) is 9.59 Å². The van der Waals surface area contributed by atoms with Crippen LogP contribution in [0.15, 0.2) is 0 Å². The van der Waals surface area contributed by atoms with E-state index < -0.39 is 0 Å². The Labute approximate surface area is 121 Å². The molecule has 0 aromatic heterocycles. The van der Waals surface area contributed by atoms with Crippen molar-refractivity contribution in [3.05, 3.63) is 0 Å². The van der Waals surface area contributed by atoms with Gasteiger partial charge in [-0.2, -0.15) is 0 Å². The van der Waals surface area contributed by atoms with E-state index in [2.05, 4.69) is 4.90 Å². The number of carbonyl (C=O) groups excluding carboxylic acids is 2. The van der Waals surface area contributed by atoms with Crippen molar-refractivity contribution in [3.63, 3.8) is 0 Å². The van der Waals surface area contributed by atoms with Crippen molar-refractivity contribution in [2.45, 2.75) is 63.3 Å². The molecule has 4 nitrogen and oxygen atoms in total. The summed E-state index contributed by atoms with van der Waals surface area (Å²) in [6.07, 6.45) is 9.55. The number of hydrogen-bond donors (Lipinski definition) is 0. The largest absolute Gasteiger partial charge is 0.343 e. The molecule has 1 saturated carbocycles. The molecular weight excluding hydrogens is 252 g/mol. The maximum Gasteiger partial charge on any atom is 0.226 e. The van der Waals surface area contributed by atoms with Gasteiger partial charge in [0.1, 0.15) is 0 Å². The Morgan fingerprint density at radius 2 is 1.90 bits per heavy atom. The zero-order valence-corrected chi connectivity index (χ0v) is 12.6. The molecule has 2 aliphatic heterocycles. The van der Waals surface area contributed by atoms with E-state index in [0.717, 1.165) is 45.2 Å². The van der Waals surface area contributed by atoms with E-state index in [4.69, 9.17) is 0 Å². The van der Waals surface area contributed by atoms with E-state index in [1.807, 2.05) is 11.9 Å². The lowest BCUT2D eigenvalue weighted by atomic mass is 9.82. The van der Waals surface area contributed by atoms with Crippen LogP contribution in [0, 0.1) is 5.92 Å². The first kappa shape index (κ1) is 13.9. The number of nitrogens with zero attached hydrogens (tertiary/aromatic N) is 2. The normalized spacial score (nSPS) is 32.1. The summed E-state index contributed by atoms with van der Waals surface area (Å²) in [5, 5.41) is 0. The smallest absolute Gasteiger partial charge is 0.226 e. The fourth-order valence-corrected chi connectivity index (χ4v) is 4.36. The molecule has 0 radical (unpaired) electrons. The molecule has 3 fully saturated rings. The van der Waals surface area contributed by atoms with Gasteiger partial charge >= 0.3 is 0 Å². The highest BCUT2D eigenvalue weighted by atomic mass is 16.2. The van der Waals surface area contributed by atoms with E-state index in [-0.39, 0.29) is 17.4 Å². The van der Waals surface area contributed by atoms with Crippen LogP contribution in [0.1, 0.15) is 57.8 Å². The molecule has 0 bridgehead atoms. The SMILES string of the molecule is CN1CC2(CCCCN2C(=O)C2CCCCC2)CC1=O. The molecule has 0 N–H and O–H groups in total. The molecule has 1 aliphatic carbocycles. The summed E-state index contributed by atoms with van der Waals surface area (Å²) < 4.78 is 0. The second kappa shape index (κ2) is 5.38. The molecule has 3 rings (SSSR count). The number of piperidine rings is 1. The van der Waals surface area contributed by atoms with Gasteiger partial charge in [0.25, 0.3) is 0 Å². The van der Waals surface area contributed by atoms with Gasteiger partial charge in [-0.05, 0) is 32.1 Å². The Morgan fingerprint density at radius 1 is 1.15 bits per heavy atom. The highest BCUT2D eigenvalue weighted by Crippen LogP contribution is 2.39. The highest BCUT2D eigenvalue weighted by Gasteiger charge is 2.49. The van der Waals surface area contributed by atoms with Gasteiger partial charge in [-0.1, -0.05) is 19.3 Å². The maximum atomic E-state index is 12.9. The molecule has 3 aliphatic rings. The lowest BCUT2D eigenvalue weighted by Crippen LogP contribution is -2.57. The molecular formula is C16H26N2O2. The number of rotatable bonds is 1. The molecule has 20 heavy (non-hydrogen) atoms. The zero-order valence-electron chi connectivity index (χ0n) is 12.6. The van der Waals surface area contributed by atoms with Crippen molar-refractivity contribution in [3.8, 4) is 0 Å². The van der Waals surface area contributed by atoms with Crippen LogP contribution in [0.4, 0.5) is 0 Å². The van der Waals surface area contributed by atoms with E-state index >= 15 is 0 Å². The molecule has 2 saturated heterocycles. The molecule has 112 valence electrons. The Hall–Kier alpha value is -1.06. The van der Waals surface area contributed by atoms with Gasteiger partial charge in [0.05, 0.1) is 12.0 Å². The number of likely N-dealkylation sites (tertiary alicyclic amines) is 2. The van der Waals surface area contributed by atoms with E-state index in [0.29, 0.717) is 12.3 Å². The number of carbonyl (C=O) groups is 2. The van der Waals surface area contributed by atoms with Crippen molar-refractivity contribution in [1.82, 2.24) is 9.80 Å². The standard InChI is InChI=1S/C16H26N2O2/c1-17-12-16(11-14(17)19)9-5-6-10-18(16)15(20)13-7-3-2-4-8-13/h13H,2-12H2,1H3. The summed E-state index contributed by atoms with van der Waals surface area (Å²) in [6, 6.07) is 0. The van der Waals surface area contributed by atoms with Crippen LogP contribution in [-0.4, -0.2) is 47.3 Å². The molecule has 1 unspecified atom stereocenters. The maximum absolute atomic E-state index is 12.9. The molecule has 0 aromatic rings. The topological polar surface area (TPSA) is 40.6 Å². The Morgan fingerprint density at radius 3 is 2.55 bits per heavy atom. The lowest BCUT2D eigenvalue weighted by Gasteiger charge is -2.46. The summed E-state index contributed by atoms with van der Waals surface area (Å²) in [7, 11) is 1.87. The van der Waals surface area contributed by atoms with Crippen molar-refractivity contribution in [2.24, 2.45) is 5.92 Å². The van der Waals surface area contributed by atoms with Crippen LogP contribution in [0.3, 0.4) is 0 Å². The Bertz CT molecular complexity index is 403. The molecule has 0 aromatic carbocycles. The Balaban J connectivity index is 1.78. The number of hydrogen-bond acceptors (Lipinski definition) is 2. The second-order valence-electron chi connectivity index (χ2n) is 6.93. The summed E-state index contributed by atoms with van der Waals surface area (Å²) in [6.45, 7) is 1.60. The van der Waals surface area contributed by atoms with Crippen LogP contribution < -0.4 is 0 Å². The van der Waals surface area contributed by atoms with Gasteiger partial charge in [-0.15, -0.1) is 0 Å². The quantitative estimate of drug-likeness (QED) is 0.737. The third kappa shape index (κ3) is 2.33. The predicted octanol–water partition coefficient (Wildman–Crippen LogP) is 2.18. The first-order chi connectivity index (χ1) is 9.62. The summed E-state index contributed by atoms with van der Waals surface area (Å²) in [5.74, 6) is 0.764. The number of amides is 2. The van der Waals surface area contributed by atoms with Gasteiger partial charge < -0.3 is 9.80 Å². The highest BCUT2D eigenvalue weighted by molar-refractivity contribution is 5.84. The zero-order chi connectivity index (χ0) is 14.2. The fraction of sp³-hybridized carbons (Fsp3) is 0.875. The number of likely N-dealkylation sites (N-methyl/N-ethyl adjacent to an activating group) is 1. The minimum Gasteiger partial charge on any atom is -0.343 e. The van der Waals surface area contributed by atoms with E-state index in [9.17, 15) is 9.59 Å². The third-order valence-corrected chi connectivity index (χ3v) is 5.50. The average molecular weight is 278 g/mol. The van der Waals surface area contributed by atoms with E-state index in [1.165, 1.54) is 19.3 Å². The van der Waals surface area contributed by atoms with Crippen molar-refractivity contribution in [2.75, 3.05) is 20.1 Å². The summed E-state index contributed by atoms with van der Waals surface area (Å²) in [5.41, 5.74) is -0.182. The molecule has 1 spiro atoms. The van der Waals surface area contributed by atoms with E-state index in [1.54, 1.807) is 0 Å². The second-order valence-corrected chi connectivity index (χ2v) is 6.93. The third-order valence-electron chi connectivity index (χ3n) is 5.50. The molecule has 1 atom stereocenters. The molecule has 2 heterocycles. The monoisotopic (exact) mass is 278 g/mol. The van der Waals surface area contributed by atoms with Crippen LogP contribution in [0.2, 0.25) is 0 Å². The first-order valence-electron chi connectivity index (χ1n) is 8.18. The molecule has 4 heteroatoms. The van der Waals surface area contributed by atoms with Gasteiger partial charge in [-0.25, -0.2) is 0 Å². The van der Waals surface area contributed by atoms with Crippen molar-refractivity contribution >= 4 is 11.8 Å². The van der Waals surface area contributed by atoms with Crippen LogP contribution >= 0.6 is 0 Å². The lowest BCUT2D eigenvalue weighted by molar-refractivity contribution is -0.145. The predicted molar refractivity (Wildman–Crippen MR) is 77.1 cm³/mol. The fourth-order valence-electron chi connectivity index (χ4n) is 4.36. The molecule has 2 amide bonds. The average Bonchev–Trinajstić information content (AvgIpc) is 2.74. The summed E-state index contributed by atoms with van der Waals surface area (Å²) in [4.78, 5) is 28.8. The van der Waals surface area contributed by atoms with Gasteiger partial charge in [0.15, 0.2) is 0 Å². The minimum absolute atomic E-state index is 0.182. The van der Waals surface area contributed by atoms with Gasteiger partial charge in [0, 0.05) is 26.1 Å². The van der Waals surface area contributed by atoms with Crippen LogP contribution in [-0.2, 0) is 9.59 Å². The van der Waals surface area contributed by atoms with Crippen molar-refractivity contribution in [1.29, 1.82) is 0 Å². The minimum atomic E-state index is -0.182. The van der Waals surface area contributed by atoms with Crippen molar-refractivity contribution < 1.29 is 9.59 Å². The van der Waals surface area contributed by atoms with Crippen LogP contribution in [0.25, 0.3) is 0 Å². The Kier molecular flexibility index (Phi) is 3.74. The van der Waals surface area contributed by atoms with Gasteiger partial charge in [0.2, 0.25) is 11.8 Å². The first-order valence-corrected chi connectivity index (χ1v) is 8.18. The summed E-state index contributed by atoms with van der Waals surface area (Å²) >= 11 is 0.